The van der Waals surface area contributed by atoms with Crippen LogP contribution in [0, 0.1) is 6.92 Å². The fourth-order valence-electron chi connectivity index (χ4n) is 3.60. The molecule has 0 unspecified atom stereocenters. The van der Waals surface area contributed by atoms with E-state index < -0.39 is 0 Å². The van der Waals surface area contributed by atoms with Crippen LogP contribution in [0.5, 0.6) is 0 Å². The van der Waals surface area contributed by atoms with Gasteiger partial charge in [-0.15, -0.1) is 0 Å². The highest BCUT2D eigenvalue weighted by Crippen LogP contribution is 2.33. The Hall–Kier alpha value is -2.77. The number of halogens is 1. The maximum Gasteiger partial charge on any atom is 0.237 e. The summed E-state index contributed by atoms with van der Waals surface area (Å²) in [5, 5.41) is 4.27. The highest BCUT2D eigenvalue weighted by Gasteiger charge is 2.29. The molecule has 0 fully saturated rings. The number of para-hydroxylation sites is 2. The van der Waals surface area contributed by atoms with Gasteiger partial charge in [0.25, 0.3) is 0 Å². The molecule has 1 N–H and O–H groups in total. The molecule has 1 aromatic heterocycles. The van der Waals surface area contributed by atoms with Gasteiger partial charge < -0.3 is 10.2 Å². The Kier molecular flexibility index (Phi) is 5.83. The molecule has 2 aromatic carbocycles. The van der Waals surface area contributed by atoms with Crippen LogP contribution in [0.25, 0.3) is 5.69 Å². The zero-order valence-electron chi connectivity index (χ0n) is 16.6. The highest BCUT2D eigenvalue weighted by atomic mass is 35.5. The smallest absolute Gasteiger partial charge is 0.237 e. The van der Waals surface area contributed by atoms with E-state index in [1.54, 1.807) is 11.1 Å². The first-order valence-electron chi connectivity index (χ1n) is 9.58. The van der Waals surface area contributed by atoms with E-state index in [-0.39, 0.29) is 30.0 Å². The lowest BCUT2D eigenvalue weighted by molar-refractivity contribution is -0.117. The Bertz CT molecular complexity index is 1110. The van der Waals surface area contributed by atoms with Gasteiger partial charge in [-0.3, -0.25) is 14.2 Å². The van der Waals surface area contributed by atoms with E-state index in [1.807, 2.05) is 67.1 Å². The predicted molar refractivity (Wildman–Crippen MR) is 121 cm³/mol. The molecule has 1 atom stereocenters. The van der Waals surface area contributed by atoms with Crippen molar-refractivity contribution in [2.24, 2.45) is 0 Å². The van der Waals surface area contributed by atoms with Gasteiger partial charge in [-0.05, 0) is 43.7 Å². The van der Waals surface area contributed by atoms with Gasteiger partial charge in [-0.1, -0.05) is 41.6 Å². The Labute approximate surface area is 184 Å². The van der Waals surface area contributed by atoms with Crippen molar-refractivity contribution in [2.75, 3.05) is 16.0 Å². The highest BCUT2D eigenvalue weighted by molar-refractivity contribution is 7.99. The summed E-state index contributed by atoms with van der Waals surface area (Å²) in [6, 6.07) is 12.9. The maximum absolute atomic E-state index is 13.2. The van der Waals surface area contributed by atoms with Crippen molar-refractivity contribution in [2.45, 2.75) is 31.5 Å². The van der Waals surface area contributed by atoms with Gasteiger partial charge in [-0.25, -0.2) is 4.98 Å². The molecule has 0 saturated heterocycles. The zero-order valence-corrected chi connectivity index (χ0v) is 18.2. The average molecular weight is 441 g/mol. The van der Waals surface area contributed by atoms with Gasteiger partial charge in [0, 0.05) is 29.9 Å². The van der Waals surface area contributed by atoms with E-state index in [4.69, 9.17) is 11.6 Å². The normalized spacial score (nSPS) is 16.0. The van der Waals surface area contributed by atoms with Crippen molar-refractivity contribution >= 4 is 46.6 Å². The second-order valence-corrected chi connectivity index (χ2v) is 8.48. The van der Waals surface area contributed by atoms with Crippen molar-refractivity contribution < 1.29 is 9.59 Å². The Balaban J connectivity index is 1.57. The number of thioether (sulfide) groups is 1. The van der Waals surface area contributed by atoms with Gasteiger partial charge in [0.05, 0.1) is 22.8 Å². The average Bonchev–Trinajstić information content (AvgIpc) is 3.13. The molecule has 6 nitrogen and oxygen atoms in total. The summed E-state index contributed by atoms with van der Waals surface area (Å²) in [5.41, 5.74) is 3.25. The Morgan fingerprint density at radius 2 is 2.00 bits per heavy atom. The van der Waals surface area contributed by atoms with Gasteiger partial charge >= 0.3 is 0 Å². The number of anilines is 2. The summed E-state index contributed by atoms with van der Waals surface area (Å²) in [4.78, 5) is 31.5. The van der Waals surface area contributed by atoms with E-state index in [0.29, 0.717) is 15.9 Å². The number of carbonyl (C=O) groups is 2. The number of nitrogens with one attached hydrogen (secondary N) is 1. The molecular weight excluding hydrogens is 420 g/mol. The third kappa shape index (κ3) is 3.95. The lowest BCUT2D eigenvalue weighted by atomic mass is 10.2. The van der Waals surface area contributed by atoms with Crippen molar-refractivity contribution in [3.05, 3.63) is 65.4 Å². The molecule has 0 aliphatic carbocycles. The summed E-state index contributed by atoms with van der Waals surface area (Å²) in [6.07, 6.45) is 3.82. The lowest BCUT2D eigenvalue weighted by Crippen LogP contribution is -2.40. The standard InChI is InChI=1S/C22H21ClN4O2S/c1-14-12-20(28)25-17-7-3-4-8-19(17)27(14)21(29)13-30-22-24-10-11-26(22)18-9-5-6-16(23)15(18)2/h3-11,14H,12-13H2,1-2H3,(H,25,28)/t14-/m1/s1. The van der Waals surface area contributed by atoms with Crippen molar-refractivity contribution in [3.63, 3.8) is 0 Å². The van der Waals surface area contributed by atoms with Crippen LogP contribution < -0.4 is 10.2 Å². The molecule has 30 heavy (non-hydrogen) atoms. The zero-order chi connectivity index (χ0) is 21.3. The largest absolute Gasteiger partial charge is 0.324 e. The molecule has 1 aliphatic heterocycles. The van der Waals surface area contributed by atoms with Crippen LogP contribution in [0.15, 0.2) is 60.0 Å². The third-order valence-corrected chi connectivity index (χ3v) is 6.42. The number of aromatic nitrogens is 2. The number of fused-ring (bicyclic) bond motifs is 1. The summed E-state index contributed by atoms with van der Waals surface area (Å²) in [6.45, 7) is 3.84. The number of amides is 2. The Morgan fingerprint density at radius 1 is 1.23 bits per heavy atom. The number of imidazole rings is 1. The first kappa shape index (κ1) is 20.5. The fraction of sp³-hybridized carbons (Fsp3) is 0.227. The van der Waals surface area contributed by atoms with Gasteiger partial charge in [-0.2, -0.15) is 0 Å². The maximum atomic E-state index is 13.2. The topological polar surface area (TPSA) is 67.2 Å². The molecule has 3 aromatic rings. The molecule has 2 amide bonds. The monoisotopic (exact) mass is 440 g/mol. The molecule has 0 bridgehead atoms. The quantitative estimate of drug-likeness (QED) is 0.597. The van der Waals surface area contributed by atoms with Crippen LogP contribution in [0.1, 0.15) is 18.9 Å². The summed E-state index contributed by atoms with van der Waals surface area (Å²) in [5.74, 6) is 0.0300. The summed E-state index contributed by atoms with van der Waals surface area (Å²) in [7, 11) is 0. The van der Waals surface area contributed by atoms with E-state index in [2.05, 4.69) is 10.3 Å². The molecule has 0 saturated carbocycles. The van der Waals surface area contributed by atoms with E-state index in [0.717, 1.165) is 16.9 Å². The number of hydrogen-bond acceptors (Lipinski definition) is 4. The van der Waals surface area contributed by atoms with E-state index in [1.165, 1.54) is 11.8 Å². The van der Waals surface area contributed by atoms with Crippen LogP contribution >= 0.6 is 23.4 Å². The van der Waals surface area contributed by atoms with Crippen molar-refractivity contribution in [1.29, 1.82) is 0 Å². The first-order valence-corrected chi connectivity index (χ1v) is 10.9. The molecule has 4 rings (SSSR count). The minimum absolute atomic E-state index is 0.0752. The molecule has 154 valence electrons. The molecular formula is C22H21ClN4O2S. The minimum Gasteiger partial charge on any atom is -0.324 e. The first-order chi connectivity index (χ1) is 14.5. The predicted octanol–water partition coefficient (Wildman–Crippen LogP) is 4.69. The third-order valence-electron chi connectivity index (χ3n) is 5.06. The van der Waals surface area contributed by atoms with Crippen LogP contribution in [-0.2, 0) is 9.59 Å². The summed E-state index contributed by atoms with van der Waals surface area (Å²) < 4.78 is 1.93. The van der Waals surface area contributed by atoms with Gasteiger partial charge in [0.1, 0.15) is 0 Å². The van der Waals surface area contributed by atoms with E-state index in [9.17, 15) is 9.59 Å². The van der Waals surface area contributed by atoms with Crippen LogP contribution in [0.4, 0.5) is 11.4 Å². The van der Waals surface area contributed by atoms with Gasteiger partial charge in [0.15, 0.2) is 5.16 Å². The van der Waals surface area contributed by atoms with Crippen LogP contribution in [0.3, 0.4) is 0 Å². The van der Waals surface area contributed by atoms with E-state index >= 15 is 0 Å². The number of benzene rings is 2. The second-order valence-electron chi connectivity index (χ2n) is 7.13. The molecule has 0 radical (unpaired) electrons. The summed E-state index contributed by atoms with van der Waals surface area (Å²) >= 11 is 7.63. The second kappa shape index (κ2) is 8.53. The molecule has 2 heterocycles. The number of hydrogen-bond donors (Lipinski definition) is 1. The number of rotatable bonds is 4. The Morgan fingerprint density at radius 3 is 2.83 bits per heavy atom. The van der Waals surface area contributed by atoms with Crippen LogP contribution in [-0.4, -0.2) is 33.2 Å². The number of carbonyl (C=O) groups excluding carboxylic acids is 2. The molecule has 8 heteroatoms. The van der Waals surface area contributed by atoms with Crippen molar-refractivity contribution in [1.82, 2.24) is 9.55 Å². The van der Waals surface area contributed by atoms with Gasteiger partial charge in [0.2, 0.25) is 11.8 Å². The minimum atomic E-state index is -0.239. The van der Waals surface area contributed by atoms with Crippen molar-refractivity contribution in [3.8, 4) is 5.69 Å². The molecule has 0 spiro atoms. The fourth-order valence-corrected chi connectivity index (χ4v) is 4.60. The molecule has 1 aliphatic rings. The van der Waals surface area contributed by atoms with Crippen LogP contribution in [0.2, 0.25) is 5.02 Å². The number of nitrogens with zero attached hydrogens (tertiary/aromatic N) is 3. The SMILES string of the molecule is Cc1c(Cl)cccc1-n1ccnc1SCC(=O)N1c2ccccc2NC(=O)C[C@H]1C. The lowest BCUT2D eigenvalue weighted by Gasteiger charge is -2.27.